The van der Waals surface area contributed by atoms with Crippen molar-refractivity contribution in [3.8, 4) is 0 Å². The summed E-state index contributed by atoms with van der Waals surface area (Å²) in [6.45, 7) is 5.84. The van der Waals surface area contributed by atoms with E-state index in [9.17, 15) is 9.59 Å². The molecule has 5 nitrogen and oxygen atoms in total. The fourth-order valence-electron chi connectivity index (χ4n) is 3.00. The second kappa shape index (κ2) is 10.4. The van der Waals surface area contributed by atoms with Gasteiger partial charge in [-0.15, -0.1) is 12.4 Å². The van der Waals surface area contributed by atoms with Crippen LogP contribution < -0.4 is 11.1 Å². The van der Waals surface area contributed by atoms with Gasteiger partial charge in [-0.05, 0) is 24.3 Å². The average Bonchev–Trinajstić information content (AvgIpc) is 2.65. The summed E-state index contributed by atoms with van der Waals surface area (Å²) in [5, 5.41) is 3.00. The normalized spacial score (nSPS) is 17.3. The van der Waals surface area contributed by atoms with Crippen LogP contribution in [0.2, 0.25) is 0 Å². The van der Waals surface area contributed by atoms with Gasteiger partial charge in [0.2, 0.25) is 11.8 Å². The van der Waals surface area contributed by atoms with Crippen LogP contribution in [0.5, 0.6) is 0 Å². The van der Waals surface area contributed by atoms with Crippen LogP contribution in [0.15, 0.2) is 30.3 Å². The molecule has 2 rings (SSSR count). The Morgan fingerprint density at radius 2 is 1.84 bits per heavy atom. The summed E-state index contributed by atoms with van der Waals surface area (Å²) in [4.78, 5) is 26.5. The summed E-state index contributed by atoms with van der Waals surface area (Å²) in [5.41, 5.74) is 7.13. The van der Waals surface area contributed by atoms with Crippen molar-refractivity contribution in [2.45, 2.75) is 45.7 Å². The quantitative estimate of drug-likeness (QED) is 0.810. The van der Waals surface area contributed by atoms with Crippen LogP contribution in [0.3, 0.4) is 0 Å². The van der Waals surface area contributed by atoms with E-state index in [1.165, 1.54) is 0 Å². The highest BCUT2D eigenvalue weighted by molar-refractivity contribution is 5.85. The minimum atomic E-state index is -0.432. The number of hydrogen-bond donors (Lipinski definition) is 2. The van der Waals surface area contributed by atoms with Gasteiger partial charge >= 0.3 is 0 Å². The van der Waals surface area contributed by atoms with Crippen molar-refractivity contribution in [1.29, 1.82) is 0 Å². The lowest BCUT2D eigenvalue weighted by atomic mass is 9.93. The molecule has 140 valence electrons. The van der Waals surface area contributed by atoms with Crippen LogP contribution >= 0.6 is 12.4 Å². The predicted molar refractivity (Wildman–Crippen MR) is 102 cm³/mol. The molecule has 0 aromatic heterocycles. The van der Waals surface area contributed by atoms with Crippen LogP contribution in [0.1, 0.15) is 38.7 Å². The Kier molecular flexibility index (Phi) is 8.93. The standard InChI is InChI=1S/C19H29N3O2.ClH/c1-3-14(2)17(20)19(24)22-11-9-16(10-12-22)18(23)21-13-15-7-5-4-6-8-15;/h4-8,14,16-17H,3,9-13,20H2,1-2H3,(H,21,23);1H. The molecule has 0 spiro atoms. The third kappa shape index (κ3) is 6.01. The summed E-state index contributed by atoms with van der Waals surface area (Å²) in [5.74, 6) is 0.270. The zero-order chi connectivity index (χ0) is 17.5. The maximum atomic E-state index is 12.4. The van der Waals surface area contributed by atoms with E-state index in [4.69, 9.17) is 5.73 Å². The van der Waals surface area contributed by atoms with Crippen molar-refractivity contribution < 1.29 is 9.59 Å². The van der Waals surface area contributed by atoms with Crippen LogP contribution in [-0.4, -0.2) is 35.8 Å². The molecule has 0 bridgehead atoms. The van der Waals surface area contributed by atoms with Crippen molar-refractivity contribution in [2.24, 2.45) is 17.6 Å². The van der Waals surface area contributed by atoms with Gasteiger partial charge < -0.3 is 16.0 Å². The first-order chi connectivity index (χ1) is 11.5. The number of nitrogens with two attached hydrogens (primary N) is 1. The Hall–Kier alpha value is -1.59. The molecular weight excluding hydrogens is 338 g/mol. The minimum Gasteiger partial charge on any atom is -0.352 e. The fourth-order valence-corrected chi connectivity index (χ4v) is 3.00. The van der Waals surface area contributed by atoms with Gasteiger partial charge in [-0.3, -0.25) is 9.59 Å². The average molecular weight is 368 g/mol. The second-order valence-corrected chi connectivity index (χ2v) is 6.71. The summed E-state index contributed by atoms with van der Waals surface area (Å²) >= 11 is 0. The predicted octanol–water partition coefficient (Wildman–Crippen LogP) is 2.34. The van der Waals surface area contributed by atoms with E-state index in [1.54, 1.807) is 0 Å². The molecule has 25 heavy (non-hydrogen) atoms. The third-order valence-corrected chi connectivity index (χ3v) is 5.03. The Balaban J connectivity index is 0.00000312. The molecule has 1 saturated heterocycles. The van der Waals surface area contributed by atoms with Gasteiger partial charge in [0.1, 0.15) is 0 Å². The SMILES string of the molecule is CCC(C)C(N)C(=O)N1CCC(C(=O)NCc2ccccc2)CC1.Cl. The topological polar surface area (TPSA) is 75.4 Å². The zero-order valence-corrected chi connectivity index (χ0v) is 15.9. The first-order valence-corrected chi connectivity index (χ1v) is 8.89. The van der Waals surface area contributed by atoms with E-state index in [0.29, 0.717) is 32.5 Å². The summed E-state index contributed by atoms with van der Waals surface area (Å²) < 4.78 is 0. The Bertz CT molecular complexity index is 545. The number of rotatable bonds is 6. The highest BCUT2D eigenvalue weighted by Gasteiger charge is 2.30. The molecule has 1 fully saturated rings. The maximum absolute atomic E-state index is 12.4. The monoisotopic (exact) mass is 367 g/mol. The Morgan fingerprint density at radius 1 is 1.24 bits per heavy atom. The first-order valence-electron chi connectivity index (χ1n) is 8.89. The van der Waals surface area contributed by atoms with Gasteiger partial charge in [-0.25, -0.2) is 0 Å². The molecule has 6 heteroatoms. The van der Waals surface area contributed by atoms with Crippen molar-refractivity contribution in [1.82, 2.24) is 10.2 Å². The molecule has 1 aromatic carbocycles. The third-order valence-electron chi connectivity index (χ3n) is 5.03. The number of amides is 2. The molecule has 2 amide bonds. The molecule has 2 unspecified atom stereocenters. The highest BCUT2D eigenvalue weighted by Crippen LogP contribution is 2.19. The highest BCUT2D eigenvalue weighted by atomic mass is 35.5. The molecule has 1 aliphatic heterocycles. The number of carbonyl (C=O) groups is 2. The molecule has 1 aromatic rings. The van der Waals surface area contributed by atoms with Crippen LogP contribution in [0.4, 0.5) is 0 Å². The Morgan fingerprint density at radius 3 is 2.40 bits per heavy atom. The van der Waals surface area contributed by atoms with Crippen LogP contribution in [0, 0.1) is 11.8 Å². The van der Waals surface area contributed by atoms with Gasteiger partial charge in [0.05, 0.1) is 6.04 Å². The van der Waals surface area contributed by atoms with Gasteiger partial charge in [-0.1, -0.05) is 50.6 Å². The van der Waals surface area contributed by atoms with Crippen molar-refractivity contribution in [3.05, 3.63) is 35.9 Å². The maximum Gasteiger partial charge on any atom is 0.239 e. The number of nitrogens with zero attached hydrogens (tertiary/aromatic N) is 1. The van der Waals surface area contributed by atoms with Crippen LogP contribution in [-0.2, 0) is 16.1 Å². The Labute approximate surface area is 156 Å². The zero-order valence-electron chi connectivity index (χ0n) is 15.1. The fraction of sp³-hybridized carbons (Fsp3) is 0.579. The number of hydrogen-bond acceptors (Lipinski definition) is 3. The number of likely N-dealkylation sites (tertiary alicyclic amines) is 1. The van der Waals surface area contributed by atoms with Gasteiger partial charge in [-0.2, -0.15) is 0 Å². The second-order valence-electron chi connectivity index (χ2n) is 6.71. The lowest BCUT2D eigenvalue weighted by Gasteiger charge is -2.34. The number of benzene rings is 1. The van der Waals surface area contributed by atoms with Crippen molar-refractivity contribution in [2.75, 3.05) is 13.1 Å². The molecule has 0 radical (unpaired) electrons. The first kappa shape index (κ1) is 21.5. The molecule has 3 N–H and O–H groups in total. The molecular formula is C19H30ClN3O2. The van der Waals surface area contributed by atoms with Crippen molar-refractivity contribution >= 4 is 24.2 Å². The minimum absolute atomic E-state index is 0. The lowest BCUT2D eigenvalue weighted by molar-refractivity contribution is -0.137. The van der Waals surface area contributed by atoms with Crippen LogP contribution in [0.25, 0.3) is 0 Å². The van der Waals surface area contributed by atoms with Gasteiger partial charge in [0.25, 0.3) is 0 Å². The molecule has 0 aliphatic carbocycles. The van der Waals surface area contributed by atoms with E-state index in [0.717, 1.165) is 12.0 Å². The lowest BCUT2D eigenvalue weighted by Crippen LogP contribution is -2.50. The van der Waals surface area contributed by atoms with E-state index in [-0.39, 0.29) is 36.1 Å². The van der Waals surface area contributed by atoms with Gasteiger partial charge in [0, 0.05) is 25.6 Å². The molecule has 0 saturated carbocycles. The van der Waals surface area contributed by atoms with Crippen molar-refractivity contribution in [3.63, 3.8) is 0 Å². The molecule has 1 heterocycles. The smallest absolute Gasteiger partial charge is 0.239 e. The number of piperidine rings is 1. The summed E-state index contributed by atoms with van der Waals surface area (Å²) in [6, 6.07) is 9.45. The molecule has 1 aliphatic rings. The number of halogens is 1. The largest absolute Gasteiger partial charge is 0.352 e. The van der Waals surface area contributed by atoms with E-state index < -0.39 is 6.04 Å². The summed E-state index contributed by atoms with van der Waals surface area (Å²) in [6.07, 6.45) is 2.31. The van der Waals surface area contributed by atoms with E-state index in [1.807, 2.05) is 49.1 Å². The summed E-state index contributed by atoms with van der Waals surface area (Å²) in [7, 11) is 0. The number of carbonyl (C=O) groups excluding carboxylic acids is 2. The number of nitrogens with one attached hydrogen (secondary N) is 1. The van der Waals surface area contributed by atoms with E-state index in [2.05, 4.69) is 5.32 Å². The van der Waals surface area contributed by atoms with E-state index >= 15 is 0 Å². The molecule has 2 atom stereocenters. The van der Waals surface area contributed by atoms with Gasteiger partial charge in [0.15, 0.2) is 0 Å².